The van der Waals surface area contributed by atoms with Crippen LogP contribution in [0.1, 0.15) is 89.4 Å². The van der Waals surface area contributed by atoms with Crippen molar-refractivity contribution in [2.24, 2.45) is 22.7 Å². The quantitative estimate of drug-likeness (QED) is 0.357. The maximum atomic E-state index is 13.6. The van der Waals surface area contributed by atoms with E-state index in [0.717, 1.165) is 44.7 Å². The Bertz CT molecular complexity index is 1590. The number of pyridine rings is 2. The standard InChI is InChI=1S/C32H39N7O3S.C2H6/c1-30(2)19-21-5-4-16-33-24-6-3-7-27(34-24)43(41)37-29(40)22-8-9-25(35-28(22)38(30)20-21)39-17-10-26(36-39)42-18-11-23-31(12-13-31)32(23)14-15-32;1-2/h3,6-10,17,21,23H,4-5,11-16,18-20H2,1-2H3,(H,33,34)(H,37,40);1-2H3. The SMILES string of the molecule is CC.CC1(C)CC2CCCNc3cccc(n3)S(=O)NC(=O)c3ccc(-n4ccc(OCCC5C6(CC6)C56CC6)n4)nc3N1C2. The number of carbonyl (C=O) groups is 1. The van der Waals surface area contributed by atoms with Gasteiger partial charge in [0.2, 0.25) is 5.88 Å². The normalized spacial score (nSPS) is 25.2. The Morgan fingerprint density at radius 2 is 1.82 bits per heavy atom. The van der Waals surface area contributed by atoms with Crippen molar-refractivity contribution in [2.45, 2.75) is 89.6 Å². The van der Waals surface area contributed by atoms with Crippen LogP contribution in [0.4, 0.5) is 11.6 Å². The monoisotopic (exact) mass is 631 g/mol. The van der Waals surface area contributed by atoms with Gasteiger partial charge in [-0.3, -0.25) is 9.52 Å². The largest absolute Gasteiger partial charge is 0.477 e. The molecule has 10 nitrogen and oxygen atoms in total. The first-order valence-electron chi connectivity index (χ1n) is 16.7. The van der Waals surface area contributed by atoms with E-state index < -0.39 is 16.9 Å². The molecular weight excluding hydrogens is 586 g/mol. The lowest BCUT2D eigenvalue weighted by Crippen LogP contribution is -2.40. The van der Waals surface area contributed by atoms with Crippen molar-refractivity contribution in [3.05, 3.63) is 48.2 Å². The topological polar surface area (TPSA) is 114 Å². The minimum Gasteiger partial charge on any atom is -0.477 e. The highest BCUT2D eigenvalue weighted by Gasteiger charge is 2.85. The fourth-order valence-corrected chi connectivity index (χ4v) is 9.23. The highest BCUT2D eigenvalue weighted by Crippen LogP contribution is 2.93. The van der Waals surface area contributed by atoms with Gasteiger partial charge in [0, 0.05) is 30.9 Å². The van der Waals surface area contributed by atoms with Crippen molar-refractivity contribution in [1.29, 1.82) is 0 Å². The molecule has 11 heteroatoms. The molecule has 2 unspecified atom stereocenters. The van der Waals surface area contributed by atoms with Gasteiger partial charge in [-0.2, -0.15) is 0 Å². The van der Waals surface area contributed by atoms with Crippen molar-refractivity contribution in [2.75, 3.05) is 29.9 Å². The molecule has 1 amide bonds. The second kappa shape index (κ2) is 11.4. The number of nitrogens with one attached hydrogen (secondary N) is 2. The van der Waals surface area contributed by atoms with Crippen LogP contribution in [0.5, 0.6) is 5.88 Å². The Hall–Kier alpha value is -3.47. The minimum absolute atomic E-state index is 0.208. The number of carbonyl (C=O) groups excluding carboxylic acids is 1. The third-order valence-electron chi connectivity index (χ3n) is 10.8. The number of amides is 1. The highest BCUT2D eigenvalue weighted by molar-refractivity contribution is 7.83. The van der Waals surface area contributed by atoms with E-state index in [4.69, 9.17) is 9.72 Å². The van der Waals surface area contributed by atoms with E-state index in [-0.39, 0.29) is 5.54 Å². The Balaban J connectivity index is 0.00000160. The van der Waals surface area contributed by atoms with Crippen molar-refractivity contribution >= 4 is 28.5 Å². The summed E-state index contributed by atoms with van der Waals surface area (Å²) in [5, 5.41) is 8.32. The molecule has 2 N–H and O–H groups in total. The molecule has 1 saturated heterocycles. The molecule has 2 aliphatic heterocycles. The van der Waals surface area contributed by atoms with Gasteiger partial charge in [0.25, 0.3) is 5.91 Å². The fraction of sp³-hybridized carbons (Fsp3) is 0.588. The number of anilines is 2. The molecule has 2 atom stereocenters. The first-order chi connectivity index (χ1) is 21.8. The van der Waals surface area contributed by atoms with Gasteiger partial charge in [-0.05, 0) is 112 Å². The average Bonchev–Trinajstić information content (AvgIpc) is 3.99. The number of aromatic nitrogens is 4. The van der Waals surface area contributed by atoms with E-state index >= 15 is 0 Å². The number of fused-ring (bicyclic) bond motifs is 7. The fourth-order valence-electron chi connectivity index (χ4n) is 8.47. The zero-order valence-corrected chi connectivity index (χ0v) is 27.7. The maximum Gasteiger partial charge on any atom is 0.267 e. The molecule has 3 saturated carbocycles. The van der Waals surface area contributed by atoms with Gasteiger partial charge in [-0.1, -0.05) is 19.9 Å². The first-order valence-corrected chi connectivity index (χ1v) is 17.8. The molecule has 3 aromatic heterocycles. The number of hydrogen-bond acceptors (Lipinski definition) is 8. The number of ether oxygens (including phenoxy) is 1. The Morgan fingerprint density at radius 3 is 2.58 bits per heavy atom. The van der Waals surface area contributed by atoms with Crippen molar-refractivity contribution < 1.29 is 13.7 Å². The Morgan fingerprint density at radius 1 is 1.04 bits per heavy atom. The van der Waals surface area contributed by atoms with E-state index in [0.29, 0.717) is 57.3 Å². The second-order valence-electron chi connectivity index (χ2n) is 13.8. The summed E-state index contributed by atoms with van der Waals surface area (Å²) in [6, 6.07) is 10.7. The summed E-state index contributed by atoms with van der Waals surface area (Å²) >= 11 is 0. The molecule has 3 aromatic rings. The van der Waals surface area contributed by atoms with Crippen LogP contribution < -0.4 is 19.7 Å². The summed E-state index contributed by atoms with van der Waals surface area (Å²) in [7, 11) is -1.82. The van der Waals surface area contributed by atoms with E-state index in [9.17, 15) is 9.00 Å². The maximum absolute atomic E-state index is 13.6. The first kappa shape index (κ1) is 30.2. The summed E-state index contributed by atoms with van der Waals surface area (Å²) < 4.78 is 23.6. The molecule has 5 heterocycles. The van der Waals surface area contributed by atoms with Crippen LogP contribution in [0.25, 0.3) is 5.82 Å². The number of nitrogens with zero attached hydrogens (tertiary/aromatic N) is 5. The Labute approximate surface area is 268 Å². The molecule has 240 valence electrons. The zero-order valence-electron chi connectivity index (χ0n) is 26.8. The molecule has 0 aromatic carbocycles. The second-order valence-corrected chi connectivity index (χ2v) is 14.9. The third kappa shape index (κ3) is 5.40. The van der Waals surface area contributed by atoms with Crippen LogP contribution in [-0.2, 0) is 11.0 Å². The molecular formula is C34H45N7O3S. The van der Waals surface area contributed by atoms with Crippen molar-refractivity contribution in [3.63, 3.8) is 0 Å². The van der Waals surface area contributed by atoms with Crippen molar-refractivity contribution in [1.82, 2.24) is 24.5 Å². The number of hydrogen-bond donors (Lipinski definition) is 2. The van der Waals surface area contributed by atoms with Gasteiger partial charge in [0.1, 0.15) is 11.6 Å². The van der Waals surface area contributed by atoms with Gasteiger partial charge in [0.15, 0.2) is 21.8 Å². The lowest BCUT2D eigenvalue weighted by atomic mass is 9.93. The molecule has 8 rings (SSSR count). The van der Waals surface area contributed by atoms with Crippen LogP contribution in [0.2, 0.25) is 0 Å². The Kier molecular flexibility index (Phi) is 7.65. The third-order valence-corrected chi connectivity index (χ3v) is 11.8. The van der Waals surface area contributed by atoms with E-state index in [2.05, 4.69) is 38.9 Å². The molecule has 2 spiro atoms. The molecule has 3 aliphatic carbocycles. The molecule has 45 heavy (non-hydrogen) atoms. The van der Waals surface area contributed by atoms with Gasteiger partial charge >= 0.3 is 0 Å². The van der Waals surface area contributed by atoms with Gasteiger partial charge in [0.05, 0.1) is 12.2 Å². The van der Waals surface area contributed by atoms with Gasteiger partial charge in [-0.15, -0.1) is 5.10 Å². The summed E-state index contributed by atoms with van der Waals surface area (Å²) in [5.41, 5.74) is 1.55. The zero-order chi connectivity index (χ0) is 31.4. The smallest absolute Gasteiger partial charge is 0.267 e. The summed E-state index contributed by atoms with van der Waals surface area (Å²) in [5.74, 6) is 3.28. The highest BCUT2D eigenvalue weighted by atomic mass is 32.2. The van der Waals surface area contributed by atoms with Gasteiger partial charge < -0.3 is 15.0 Å². The van der Waals surface area contributed by atoms with E-state index in [1.54, 1.807) is 28.9 Å². The predicted molar refractivity (Wildman–Crippen MR) is 175 cm³/mol. The molecule has 4 fully saturated rings. The lowest BCUT2D eigenvalue weighted by molar-refractivity contribution is 0.0983. The molecule has 4 bridgehead atoms. The minimum atomic E-state index is -1.82. The molecule has 0 radical (unpaired) electrons. The lowest BCUT2D eigenvalue weighted by Gasteiger charge is -2.34. The summed E-state index contributed by atoms with van der Waals surface area (Å²) in [6.07, 6.45) is 11.7. The van der Waals surface area contributed by atoms with Crippen LogP contribution in [0.15, 0.2) is 47.6 Å². The van der Waals surface area contributed by atoms with Crippen LogP contribution >= 0.6 is 0 Å². The summed E-state index contributed by atoms with van der Waals surface area (Å²) in [4.78, 5) is 25.3. The summed E-state index contributed by atoms with van der Waals surface area (Å²) in [6.45, 7) is 10.7. The average molecular weight is 632 g/mol. The van der Waals surface area contributed by atoms with Crippen LogP contribution in [0.3, 0.4) is 0 Å². The predicted octanol–water partition coefficient (Wildman–Crippen LogP) is 5.91. The van der Waals surface area contributed by atoms with Crippen molar-refractivity contribution in [3.8, 4) is 11.7 Å². The van der Waals surface area contributed by atoms with Crippen LogP contribution in [-0.4, -0.2) is 55.1 Å². The van der Waals surface area contributed by atoms with E-state index in [1.807, 2.05) is 32.2 Å². The number of rotatable bonds is 5. The van der Waals surface area contributed by atoms with Crippen LogP contribution in [0, 0.1) is 22.7 Å². The molecule has 5 aliphatic rings. The van der Waals surface area contributed by atoms with Gasteiger partial charge in [-0.25, -0.2) is 18.9 Å². The van der Waals surface area contributed by atoms with E-state index in [1.165, 1.54) is 25.7 Å².